The maximum Gasteiger partial charge on any atom is 0.245 e. The summed E-state index contributed by atoms with van der Waals surface area (Å²) in [5.74, 6) is 1.60. The highest BCUT2D eigenvalue weighted by Gasteiger charge is 2.66. The van der Waals surface area contributed by atoms with Crippen LogP contribution in [0.5, 0.6) is 0 Å². The van der Waals surface area contributed by atoms with Crippen molar-refractivity contribution in [3.05, 3.63) is 0 Å². The van der Waals surface area contributed by atoms with Crippen LogP contribution in [0.4, 0.5) is 0 Å². The molecule has 1 saturated heterocycles. The lowest BCUT2D eigenvalue weighted by Crippen LogP contribution is -2.59. The van der Waals surface area contributed by atoms with Gasteiger partial charge in [0.25, 0.3) is 0 Å². The minimum absolute atomic E-state index is 0.105. The number of amides is 2. The predicted molar refractivity (Wildman–Crippen MR) is 102 cm³/mol. The first-order chi connectivity index (χ1) is 12.0. The third-order valence-electron chi connectivity index (χ3n) is 8.37. The van der Waals surface area contributed by atoms with Crippen LogP contribution in [-0.2, 0) is 9.59 Å². The van der Waals surface area contributed by atoms with Gasteiger partial charge in [0.15, 0.2) is 0 Å². The lowest BCUT2D eigenvalue weighted by atomic mass is 9.51. The van der Waals surface area contributed by atoms with Gasteiger partial charge in [0.05, 0.1) is 0 Å². The van der Waals surface area contributed by atoms with E-state index in [2.05, 4.69) is 46.9 Å². The molecule has 1 aliphatic heterocycles. The molecule has 4 fully saturated rings. The van der Waals surface area contributed by atoms with Gasteiger partial charge in [-0.3, -0.25) is 9.59 Å². The highest BCUT2D eigenvalue weighted by molar-refractivity contribution is 5.90. The molecule has 0 aromatic rings. The van der Waals surface area contributed by atoms with Crippen LogP contribution in [0.15, 0.2) is 0 Å². The van der Waals surface area contributed by atoms with Crippen molar-refractivity contribution >= 4 is 11.8 Å². The van der Waals surface area contributed by atoms with Gasteiger partial charge in [-0.1, -0.05) is 41.0 Å². The van der Waals surface area contributed by atoms with Gasteiger partial charge in [0.2, 0.25) is 11.8 Å². The highest BCUT2D eigenvalue weighted by atomic mass is 16.2. The van der Waals surface area contributed by atoms with Gasteiger partial charge in [-0.15, -0.1) is 0 Å². The fraction of sp³-hybridized carbons (Fsp3) is 0.909. The van der Waals surface area contributed by atoms with Crippen LogP contribution < -0.4 is 5.32 Å². The number of fused-ring (bicyclic) bond motifs is 1. The van der Waals surface area contributed by atoms with E-state index in [4.69, 9.17) is 0 Å². The highest BCUT2D eigenvalue weighted by Crippen LogP contribution is 2.64. The van der Waals surface area contributed by atoms with Crippen LogP contribution in [0, 0.1) is 34.0 Å². The summed E-state index contributed by atoms with van der Waals surface area (Å²) in [5.41, 5.74) is 0.589. The molecule has 2 amide bonds. The molecule has 3 aliphatic carbocycles. The number of nitrogens with zero attached hydrogens (tertiary/aromatic N) is 1. The van der Waals surface area contributed by atoms with E-state index in [1.54, 1.807) is 0 Å². The van der Waals surface area contributed by atoms with E-state index in [-0.39, 0.29) is 29.2 Å². The second-order valence-electron chi connectivity index (χ2n) is 11.5. The molecule has 146 valence electrons. The Hall–Kier alpha value is -1.06. The molecule has 4 aliphatic rings. The zero-order valence-corrected chi connectivity index (χ0v) is 17.4. The number of nitrogens with one attached hydrogen (secondary N) is 1. The van der Waals surface area contributed by atoms with Crippen LogP contribution in [0.1, 0.15) is 73.6 Å². The Kier molecular flexibility index (Phi) is 3.86. The van der Waals surface area contributed by atoms with Crippen LogP contribution >= 0.6 is 0 Å². The van der Waals surface area contributed by atoms with Crippen molar-refractivity contribution in [1.82, 2.24) is 10.2 Å². The standard InChI is InChI=1S/C22H36N2O2/c1-13-16-15(21(16,5)6)12-24(13)19(26)17(20(2,3)4)23-18(25)14-10-22(11-14)8-7-9-22/h13-17H,7-12H2,1-6H3,(H,23,25)/t13-,15+,16-,17-/m1/s1. The maximum absolute atomic E-state index is 13.4. The number of piperidine rings is 1. The average Bonchev–Trinajstić information content (AvgIpc) is 2.78. The number of carbonyl (C=O) groups excluding carboxylic acids is 2. The molecule has 0 radical (unpaired) electrons. The maximum atomic E-state index is 13.4. The molecule has 3 saturated carbocycles. The predicted octanol–water partition coefficient (Wildman–Crippen LogP) is 3.60. The van der Waals surface area contributed by atoms with Gasteiger partial charge >= 0.3 is 0 Å². The first kappa shape index (κ1) is 18.3. The van der Waals surface area contributed by atoms with E-state index >= 15 is 0 Å². The lowest BCUT2D eigenvalue weighted by Gasteiger charge is -2.53. The van der Waals surface area contributed by atoms with Crippen LogP contribution in [0.3, 0.4) is 0 Å². The summed E-state index contributed by atoms with van der Waals surface area (Å²) in [4.78, 5) is 28.2. The molecule has 0 aromatic carbocycles. The summed E-state index contributed by atoms with van der Waals surface area (Å²) in [6.07, 6.45) is 5.97. The molecule has 4 rings (SSSR count). The summed E-state index contributed by atoms with van der Waals surface area (Å²) in [7, 11) is 0. The van der Waals surface area contributed by atoms with Gasteiger partial charge in [-0.05, 0) is 60.7 Å². The minimum Gasteiger partial charge on any atom is -0.344 e. The Morgan fingerprint density at radius 3 is 2.19 bits per heavy atom. The Bertz CT molecular complexity index is 621. The second-order valence-corrected chi connectivity index (χ2v) is 11.5. The van der Waals surface area contributed by atoms with Crippen molar-refractivity contribution in [2.24, 2.45) is 34.0 Å². The summed E-state index contributed by atoms with van der Waals surface area (Å²) in [5, 5.41) is 3.16. The smallest absolute Gasteiger partial charge is 0.245 e. The van der Waals surface area contributed by atoms with Gasteiger partial charge in [-0.25, -0.2) is 0 Å². The minimum atomic E-state index is -0.420. The largest absolute Gasteiger partial charge is 0.344 e. The number of hydrogen-bond donors (Lipinski definition) is 1. The van der Waals surface area contributed by atoms with Gasteiger partial charge in [0, 0.05) is 18.5 Å². The zero-order chi connectivity index (χ0) is 19.1. The topological polar surface area (TPSA) is 49.4 Å². The first-order valence-electron chi connectivity index (χ1n) is 10.6. The average molecular weight is 361 g/mol. The third kappa shape index (κ3) is 2.62. The van der Waals surface area contributed by atoms with E-state index in [9.17, 15) is 9.59 Å². The molecule has 4 atom stereocenters. The molecule has 1 N–H and O–H groups in total. The van der Waals surface area contributed by atoms with E-state index in [1.165, 1.54) is 19.3 Å². The van der Waals surface area contributed by atoms with Crippen molar-refractivity contribution in [3.8, 4) is 0 Å². The fourth-order valence-electron chi connectivity index (χ4n) is 6.29. The summed E-state index contributed by atoms with van der Waals surface area (Å²) < 4.78 is 0. The van der Waals surface area contributed by atoms with E-state index < -0.39 is 6.04 Å². The van der Waals surface area contributed by atoms with E-state index in [0.29, 0.717) is 22.7 Å². The van der Waals surface area contributed by atoms with Gasteiger partial charge < -0.3 is 10.2 Å². The quantitative estimate of drug-likeness (QED) is 0.836. The Morgan fingerprint density at radius 1 is 1.15 bits per heavy atom. The summed E-state index contributed by atoms with van der Waals surface area (Å²) in [6.45, 7) is 13.9. The second kappa shape index (κ2) is 5.48. The van der Waals surface area contributed by atoms with Gasteiger partial charge in [-0.2, -0.15) is 0 Å². The van der Waals surface area contributed by atoms with Crippen molar-refractivity contribution < 1.29 is 9.59 Å². The molecule has 4 nitrogen and oxygen atoms in total. The Balaban J connectivity index is 1.41. The van der Waals surface area contributed by atoms with Crippen LogP contribution in [-0.4, -0.2) is 35.3 Å². The Morgan fingerprint density at radius 2 is 1.77 bits per heavy atom. The molecule has 0 bridgehead atoms. The third-order valence-corrected chi connectivity index (χ3v) is 8.37. The van der Waals surface area contributed by atoms with Crippen LogP contribution in [0.25, 0.3) is 0 Å². The van der Waals surface area contributed by atoms with E-state index in [1.807, 2.05) is 4.90 Å². The number of likely N-dealkylation sites (tertiary alicyclic amines) is 1. The molecule has 0 aromatic heterocycles. The number of rotatable bonds is 3. The summed E-state index contributed by atoms with van der Waals surface area (Å²) >= 11 is 0. The lowest BCUT2D eigenvalue weighted by molar-refractivity contribution is -0.146. The Labute approximate surface area is 158 Å². The SMILES string of the molecule is C[C@@H]1[C@@H]2[C@H](CN1C(=O)[C@@H](NC(=O)C1CC3(CCC3)C1)C(C)(C)C)C2(C)C. The molecule has 1 heterocycles. The van der Waals surface area contributed by atoms with Crippen molar-refractivity contribution in [1.29, 1.82) is 0 Å². The normalized spacial score (nSPS) is 35.3. The molecule has 1 spiro atoms. The molecule has 4 heteroatoms. The molecule has 26 heavy (non-hydrogen) atoms. The monoisotopic (exact) mass is 360 g/mol. The van der Waals surface area contributed by atoms with Crippen molar-refractivity contribution in [3.63, 3.8) is 0 Å². The molecule has 0 unspecified atom stereocenters. The van der Waals surface area contributed by atoms with Gasteiger partial charge in [0.1, 0.15) is 6.04 Å². The summed E-state index contributed by atoms with van der Waals surface area (Å²) in [6, 6.07) is -0.137. The molecular formula is C22H36N2O2. The number of hydrogen-bond acceptors (Lipinski definition) is 2. The zero-order valence-electron chi connectivity index (χ0n) is 17.4. The number of carbonyl (C=O) groups is 2. The van der Waals surface area contributed by atoms with E-state index in [0.717, 1.165) is 19.4 Å². The fourth-order valence-corrected chi connectivity index (χ4v) is 6.29. The molecular weight excluding hydrogens is 324 g/mol. The first-order valence-corrected chi connectivity index (χ1v) is 10.6. The van der Waals surface area contributed by atoms with Crippen molar-refractivity contribution in [2.75, 3.05) is 6.54 Å². The van der Waals surface area contributed by atoms with Crippen molar-refractivity contribution in [2.45, 2.75) is 85.7 Å². The van der Waals surface area contributed by atoms with Crippen LogP contribution in [0.2, 0.25) is 0 Å².